The Labute approximate surface area is 76.1 Å². The minimum absolute atomic E-state index is 0.343. The lowest BCUT2D eigenvalue weighted by Gasteiger charge is -2.02. The highest BCUT2D eigenvalue weighted by atomic mass is 16.5. The van der Waals surface area contributed by atoms with Crippen LogP contribution in [0.4, 0.5) is 0 Å². The maximum atomic E-state index is 5.25. The quantitative estimate of drug-likeness (QED) is 0.546. The molecule has 0 aliphatic carbocycles. The molecule has 2 unspecified atom stereocenters. The van der Waals surface area contributed by atoms with E-state index in [1.165, 1.54) is 5.57 Å². The van der Waals surface area contributed by atoms with Crippen LogP contribution in [0.2, 0.25) is 0 Å². The molecule has 0 saturated heterocycles. The maximum Gasteiger partial charge on any atom is 0.0736 e. The second-order valence-electron chi connectivity index (χ2n) is 3.24. The van der Waals surface area contributed by atoms with E-state index in [4.69, 9.17) is 4.74 Å². The van der Waals surface area contributed by atoms with Gasteiger partial charge in [-0.15, -0.1) is 6.58 Å². The molecule has 1 aliphatic heterocycles. The molecule has 0 bridgehead atoms. The van der Waals surface area contributed by atoms with Crippen LogP contribution in [0.5, 0.6) is 0 Å². The van der Waals surface area contributed by atoms with E-state index in [0.717, 1.165) is 6.42 Å². The van der Waals surface area contributed by atoms with Crippen molar-refractivity contribution in [1.82, 2.24) is 0 Å². The van der Waals surface area contributed by atoms with Crippen molar-refractivity contribution in [1.29, 1.82) is 0 Å². The maximum absolute atomic E-state index is 5.25. The summed E-state index contributed by atoms with van der Waals surface area (Å²) in [6.07, 6.45) is 5.94. The van der Waals surface area contributed by atoms with Crippen LogP contribution in [-0.4, -0.2) is 12.2 Å². The van der Waals surface area contributed by atoms with Gasteiger partial charge in [-0.05, 0) is 27.2 Å². The van der Waals surface area contributed by atoms with Crippen LogP contribution in [0.15, 0.2) is 24.3 Å². The minimum Gasteiger partial charge on any atom is -0.367 e. The summed E-state index contributed by atoms with van der Waals surface area (Å²) in [5.74, 6) is 0. The van der Waals surface area contributed by atoms with Crippen molar-refractivity contribution in [2.75, 3.05) is 0 Å². The van der Waals surface area contributed by atoms with Crippen molar-refractivity contribution in [2.45, 2.75) is 46.3 Å². The van der Waals surface area contributed by atoms with E-state index in [-0.39, 0.29) is 0 Å². The fourth-order valence-corrected chi connectivity index (χ4v) is 0.742. The van der Waals surface area contributed by atoms with Gasteiger partial charge in [0.1, 0.15) is 0 Å². The summed E-state index contributed by atoms with van der Waals surface area (Å²) < 4.78 is 5.25. The van der Waals surface area contributed by atoms with Crippen LogP contribution in [-0.2, 0) is 4.74 Å². The van der Waals surface area contributed by atoms with Crippen molar-refractivity contribution in [3.05, 3.63) is 24.3 Å². The SMILES string of the molecule is C=C(C)CC.CC1C=CC(C)O1. The van der Waals surface area contributed by atoms with E-state index in [0.29, 0.717) is 12.2 Å². The van der Waals surface area contributed by atoms with Gasteiger partial charge in [-0.1, -0.05) is 24.6 Å². The molecule has 0 aromatic heterocycles. The van der Waals surface area contributed by atoms with Gasteiger partial charge in [-0.25, -0.2) is 0 Å². The molecule has 2 atom stereocenters. The summed E-state index contributed by atoms with van der Waals surface area (Å²) in [4.78, 5) is 0. The van der Waals surface area contributed by atoms with Crippen LogP contribution in [0.25, 0.3) is 0 Å². The first-order valence-corrected chi connectivity index (χ1v) is 4.54. The molecule has 1 nitrogen and oxygen atoms in total. The molecule has 0 amide bonds. The molecule has 0 N–H and O–H groups in total. The van der Waals surface area contributed by atoms with Crippen LogP contribution in [0.1, 0.15) is 34.1 Å². The third-order valence-electron chi connectivity index (χ3n) is 1.69. The van der Waals surface area contributed by atoms with E-state index >= 15 is 0 Å². The molecule has 12 heavy (non-hydrogen) atoms. The Kier molecular flexibility index (Phi) is 5.73. The molecule has 1 heteroatoms. The lowest BCUT2D eigenvalue weighted by atomic mass is 10.3. The Morgan fingerprint density at radius 1 is 1.33 bits per heavy atom. The molecule has 70 valence electrons. The Hall–Kier alpha value is -0.560. The zero-order valence-corrected chi connectivity index (χ0v) is 8.63. The molecular formula is C11H20O. The first kappa shape index (κ1) is 11.4. The summed E-state index contributed by atoms with van der Waals surface area (Å²) >= 11 is 0. The smallest absolute Gasteiger partial charge is 0.0736 e. The van der Waals surface area contributed by atoms with E-state index in [2.05, 4.69) is 25.7 Å². The van der Waals surface area contributed by atoms with Gasteiger partial charge in [0.2, 0.25) is 0 Å². The number of ether oxygens (including phenoxy) is 1. The summed E-state index contributed by atoms with van der Waals surface area (Å²) in [5.41, 5.74) is 1.25. The lowest BCUT2D eigenvalue weighted by Crippen LogP contribution is -2.03. The summed E-state index contributed by atoms with van der Waals surface area (Å²) in [6, 6.07) is 0. The van der Waals surface area contributed by atoms with Crippen molar-refractivity contribution in [2.24, 2.45) is 0 Å². The van der Waals surface area contributed by atoms with E-state index < -0.39 is 0 Å². The standard InChI is InChI=1S/C6H10O.C5H10/c1-5-3-4-6(2)7-5;1-4-5(2)3/h3-6H,1-2H3;2,4H2,1,3H3. The molecule has 0 radical (unpaired) electrons. The topological polar surface area (TPSA) is 9.23 Å². The van der Waals surface area contributed by atoms with Crippen LogP contribution < -0.4 is 0 Å². The zero-order chi connectivity index (χ0) is 9.56. The summed E-state index contributed by atoms with van der Waals surface area (Å²) in [7, 11) is 0. The molecule has 0 fully saturated rings. The highest BCUT2D eigenvalue weighted by molar-refractivity contribution is 4.98. The van der Waals surface area contributed by atoms with Gasteiger partial charge in [-0.3, -0.25) is 0 Å². The normalized spacial score (nSPS) is 26.3. The van der Waals surface area contributed by atoms with E-state index in [1.807, 2.05) is 20.8 Å². The van der Waals surface area contributed by atoms with Crippen LogP contribution in [0, 0.1) is 0 Å². The highest BCUT2D eigenvalue weighted by Crippen LogP contribution is 2.08. The van der Waals surface area contributed by atoms with Gasteiger partial charge in [0, 0.05) is 0 Å². The monoisotopic (exact) mass is 168 g/mol. The van der Waals surface area contributed by atoms with Gasteiger partial charge < -0.3 is 4.74 Å². The Balaban J connectivity index is 0.000000217. The van der Waals surface area contributed by atoms with Gasteiger partial charge in [0.25, 0.3) is 0 Å². The van der Waals surface area contributed by atoms with Gasteiger partial charge >= 0.3 is 0 Å². The number of rotatable bonds is 1. The second-order valence-corrected chi connectivity index (χ2v) is 3.24. The third-order valence-corrected chi connectivity index (χ3v) is 1.69. The molecule has 1 heterocycles. The average Bonchev–Trinajstić information content (AvgIpc) is 2.36. The highest BCUT2D eigenvalue weighted by Gasteiger charge is 2.07. The van der Waals surface area contributed by atoms with Gasteiger partial charge in [0.15, 0.2) is 0 Å². The number of hydrogen-bond donors (Lipinski definition) is 0. The molecule has 1 aliphatic rings. The molecule has 0 saturated carbocycles. The van der Waals surface area contributed by atoms with Crippen molar-refractivity contribution < 1.29 is 4.74 Å². The summed E-state index contributed by atoms with van der Waals surface area (Å²) in [6.45, 7) is 11.9. The average molecular weight is 168 g/mol. The van der Waals surface area contributed by atoms with Crippen molar-refractivity contribution >= 4 is 0 Å². The van der Waals surface area contributed by atoms with E-state index in [1.54, 1.807) is 0 Å². The zero-order valence-electron chi connectivity index (χ0n) is 8.63. The Morgan fingerprint density at radius 2 is 1.67 bits per heavy atom. The fraction of sp³-hybridized carbons (Fsp3) is 0.636. The van der Waals surface area contributed by atoms with E-state index in [9.17, 15) is 0 Å². The first-order chi connectivity index (χ1) is 5.56. The Bertz CT molecular complexity index is 148. The largest absolute Gasteiger partial charge is 0.367 e. The fourth-order valence-electron chi connectivity index (χ4n) is 0.742. The lowest BCUT2D eigenvalue weighted by molar-refractivity contribution is 0.0830. The van der Waals surface area contributed by atoms with Gasteiger partial charge in [0.05, 0.1) is 12.2 Å². The predicted molar refractivity (Wildman–Crippen MR) is 54.3 cm³/mol. The van der Waals surface area contributed by atoms with Crippen molar-refractivity contribution in [3.8, 4) is 0 Å². The van der Waals surface area contributed by atoms with Crippen molar-refractivity contribution in [3.63, 3.8) is 0 Å². The second kappa shape index (κ2) is 6.01. The Morgan fingerprint density at radius 3 is 1.75 bits per heavy atom. The first-order valence-electron chi connectivity index (χ1n) is 4.54. The molecular weight excluding hydrogens is 148 g/mol. The number of allylic oxidation sites excluding steroid dienone is 1. The molecule has 0 aromatic rings. The molecule has 1 rings (SSSR count). The van der Waals surface area contributed by atoms with Gasteiger partial charge in [-0.2, -0.15) is 0 Å². The minimum atomic E-state index is 0.343. The predicted octanol–water partition coefficient (Wildman–Crippen LogP) is 3.32. The molecule has 0 aromatic carbocycles. The van der Waals surface area contributed by atoms with Crippen LogP contribution in [0.3, 0.4) is 0 Å². The number of hydrogen-bond acceptors (Lipinski definition) is 1. The molecule has 0 spiro atoms. The van der Waals surface area contributed by atoms with Crippen LogP contribution >= 0.6 is 0 Å². The third kappa shape index (κ3) is 6.17. The summed E-state index contributed by atoms with van der Waals surface area (Å²) in [5, 5.41) is 0.